The molecular formula is C17H19N3O. The Morgan fingerprint density at radius 3 is 2.90 bits per heavy atom. The predicted molar refractivity (Wildman–Crippen MR) is 82.5 cm³/mol. The van der Waals surface area contributed by atoms with E-state index in [0.29, 0.717) is 0 Å². The largest absolute Gasteiger partial charge is 0.344 e. The Hall–Kier alpha value is -2.36. The maximum absolute atomic E-state index is 12.4. The van der Waals surface area contributed by atoms with E-state index in [1.807, 2.05) is 54.4 Å². The predicted octanol–water partition coefficient (Wildman–Crippen LogP) is 3.10. The lowest BCUT2D eigenvalue weighted by Crippen LogP contribution is -2.29. The van der Waals surface area contributed by atoms with Gasteiger partial charge in [0.15, 0.2) is 0 Å². The third-order valence-corrected chi connectivity index (χ3v) is 3.79. The second kappa shape index (κ2) is 5.95. The van der Waals surface area contributed by atoms with Crippen LogP contribution in [-0.4, -0.2) is 27.3 Å². The van der Waals surface area contributed by atoms with Crippen LogP contribution in [0.4, 0.5) is 0 Å². The summed E-state index contributed by atoms with van der Waals surface area (Å²) in [6, 6.07) is 9.95. The highest BCUT2D eigenvalue weighted by Crippen LogP contribution is 2.30. The van der Waals surface area contributed by atoms with Crippen molar-refractivity contribution in [3.05, 3.63) is 59.7 Å². The second-order valence-electron chi connectivity index (χ2n) is 5.39. The molecule has 2 heterocycles. The molecule has 2 aromatic rings. The van der Waals surface area contributed by atoms with Gasteiger partial charge in [-0.25, -0.2) is 4.98 Å². The maximum Gasteiger partial charge on any atom is 0.247 e. The van der Waals surface area contributed by atoms with Gasteiger partial charge in [0.1, 0.15) is 5.82 Å². The quantitative estimate of drug-likeness (QED) is 0.879. The van der Waals surface area contributed by atoms with Crippen LogP contribution in [0, 0.1) is 6.92 Å². The van der Waals surface area contributed by atoms with Gasteiger partial charge in [-0.15, -0.1) is 0 Å². The molecule has 1 aliphatic rings. The first-order chi connectivity index (χ1) is 10.2. The van der Waals surface area contributed by atoms with Crippen molar-refractivity contribution in [2.75, 3.05) is 6.54 Å². The summed E-state index contributed by atoms with van der Waals surface area (Å²) in [5, 5.41) is 0. The van der Waals surface area contributed by atoms with Gasteiger partial charge in [0.2, 0.25) is 5.91 Å². The minimum atomic E-state index is 0.0513. The molecule has 1 saturated heterocycles. The van der Waals surface area contributed by atoms with Crippen molar-refractivity contribution in [1.82, 2.24) is 14.9 Å². The summed E-state index contributed by atoms with van der Waals surface area (Å²) in [5.41, 5.74) is 2.07. The number of hydrogen-bond donors (Lipinski definition) is 1. The molecule has 4 heteroatoms. The molecule has 0 spiro atoms. The molecule has 0 bridgehead atoms. The fraction of sp³-hybridized carbons (Fsp3) is 0.294. The Morgan fingerprint density at radius 1 is 1.38 bits per heavy atom. The van der Waals surface area contributed by atoms with E-state index in [0.717, 1.165) is 36.5 Å². The summed E-state index contributed by atoms with van der Waals surface area (Å²) in [6.45, 7) is 2.77. The zero-order chi connectivity index (χ0) is 14.7. The molecule has 0 radical (unpaired) electrons. The molecule has 21 heavy (non-hydrogen) atoms. The van der Waals surface area contributed by atoms with Gasteiger partial charge in [-0.2, -0.15) is 0 Å². The summed E-state index contributed by atoms with van der Waals surface area (Å²) in [4.78, 5) is 21.9. The molecular weight excluding hydrogens is 262 g/mol. The molecule has 1 aromatic heterocycles. The molecule has 4 nitrogen and oxygen atoms in total. The number of rotatable bonds is 3. The summed E-state index contributed by atoms with van der Waals surface area (Å²) in [5.74, 6) is 0.946. The number of nitrogens with zero attached hydrogens (tertiary/aromatic N) is 2. The third kappa shape index (κ3) is 3.05. The Labute approximate surface area is 124 Å². The first-order valence-electron chi connectivity index (χ1n) is 7.29. The number of aromatic amines is 1. The van der Waals surface area contributed by atoms with Crippen LogP contribution in [0.5, 0.6) is 0 Å². The minimum absolute atomic E-state index is 0.0513. The van der Waals surface area contributed by atoms with Crippen molar-refractivity contribution in [3.63, 3.8) is 0 Å². The standard InChI is InChI=1S/C17H19N3O/c1-13-12-18-17(19-13)15-8-5-11-20(15)16(21)10-9-14-6-3-2-4-7-14/h2-4,6-7,9-10,12,15H,5,8,11H2,1H3,(H,18,19). The van der Waals surface area contributed by atoms with Crippen LogP contribution in [0.1, 0.15) is 36.0 Å². The van der Waals surface area contributed by atoms with E-state index in [-0.39, 0.29) is 11.9 Å². The van der Waals surface area contributed by atoms with Crippen molar-refractivity contribution in [2.45, 2.75) is 25.8 Å². The van der Waals surface area contributed by atoms with Gasteiger partial charge >= 0.3 is 0 Å². The molecule has 1 fully saturated rings. The second-order valence-corrected chi connectivity index (χ2v) is 5.39. The van der Waals surface area contributed by atoms with Gasteiger partial charge in [-0.3, -0.25) is 4.79 Å². The molecule has 108 valence electrons. The van der Waals surface area contributed by atoms with Crippen molar-refractivity contribution in [1.29, 1.82) is 0 Å². The lowest BCUT2D eigenvalue weighted by molar-refractivity contribution is -0.127. The molecule has 1 aliphatic heterocycles. The number of aryl methyl sites for hydroxylation is 1. The zero-order valence-electron chi connectivity index (χ0n) is 12.1. The topological polar surface area (TPSA) is 49.0 Å². The molecule has 1 unspecified atom stereocenters. The van der Waals surface area contributed by atoms with Gasteiger partial charge in [0.05, 0.1) is 6.04 Å². The third-order valence-electron chi connectivity index (χ3n) is 3.79. The number of carbonyl (C=O) groups excluding carboxylic acids is 1. The number of imidazole rings is 1. The first kappa shape index (κ1) is 13.6. The van der Waals surface area contributed by atoms with Crippen molar-refractivity contribution < 1.29 is 4.79 Å². The Balaban J connectivity index is 1.73. The Morgan fingerprint density at radius 2 is 2.19 bits per heavy atom. The smallest absolute Gasteiger partial charge is 0.247 e. The van der Waals surface area contributed by atoms with E-state index in [2.05, 4.69) is 9.97 Å². The van der Waals surface area contributed by atoms with Gasteiger partial charge in [-0.1, -0.05) is 30.3 Å². The number of H-pyrrole nitrogens is 1. The number of aromatic nitrogens is 2. The molecule has 1 N–H and O–H groups in total. The summed E-state index contributed by atoms with van der Waals surface area (Å²) in [6.07, 6.45) is 7.33. The summed E-state index contributed by atoms with van der Waals surface area (Å²) < 4.78 is 0. The van der Waals surface area contributed by atoms with Crippen molar-refractivity contribution in [3.8, 4) is 0 Å². The fourth-order valence-electron chi connectivity index (χ4n) is 2.74. The summed E-state index contributed by atoms with van der Waals surface area (Å²) >= 11 is 0. The molecule has 3 rings (SSSR count). The van der Waals surface area contributed by atoms with E-state index in [1.165, 1.54) is 0 Å². The highest BCUT2D eigenvalue weighted by molar-refractivity contribution is 5.92. The van der Waals surface area contributed by atoms with Crippen LogP contribution in [0.15, 0.2) is 42.6 Å². The highest BCUT2D eigenvalue weighted by Gasteiger charge is 2.30. The summed E-state index contributed by atoms with van der Waals surface area (Å²) in [7, 11) is 0. The zero-order valence-corrected chi connectivity index (χ0v) is 12.1. The molecule has 1 aromatic carbocycles. The van der Waals surface area contributed by atoms with Crippen molar-refractivity contribution in [2.24, 2.45) is 0 Å². The van der Waals surface area contributed by atoms with Crippen LogP contribution < -0.4 is 0 Å². The Bertz CT molecular complexity index is 645. The van der Waals surface area contributed by atoms with Crippen LogP contribution in [0.3, 0.4) is 0 Å². The van der Waals surface area contributed by atoms with Gasteiger partial charge < -0.3 is 9.88 Å². The lowest BCUT2D eigenvalue weighted by Gasteiger charge is -2.21. The number of carbonyl (C=O) groups is 1. The van der Waals surface area contributed by atoms with Gasteiger partial charge in [0.25, 0.3) is 0 Å². The number of likely N-dealkylation sites (tertiary alicyclic amines) is 1. The lowest BCUT2D eigenvalue weighted by atomic mass is 10.2. The maximum atomic E-state index is 12.4. The number of hydrogen-bond acceptors (Lipinski definition) is 2. The molecule has 0 saturated carbocycles. The minimum Gasteiger partial charge on any atom is -0.344 e. The molecule has 0 aliphatic carbocycles. The monoisotopic (exact) mass is 281 g/mol. The van der Waals surface area contributed by atoms with Gasteiger partial charge in [-0.05, 0) is 31.4 Å². The van der Waals surface area contributed by atoms with E-state index < -0.39 is 0 Å². The highest BCUT2D eigenvalue weighted by atomic mass is 16.2. The van der Waals surface area contributed by atoms with Crippen molar-refractivity contribution >= 4 is 12.0 Å². The number of amides is 1. The van der Waals surface area contributed by atoms with E-state index in [1.54, 1.807) is 6.08 Å². The van der Waals surface area contributed by atoms with E-state index >= 15 is 0 Å². The van der Waals surface area contributed by atoms with Crippen LogP contribution in [-0.2, 0) is 4.79 Å². The fourth-order valence-corrected chi connectivity index (χ4v) is 2.74. The average molecular weight is 281 g/mol. The van der Waals surface area contributed by atoms with E-state index in [4.69, 9.17) is 0 Å². The SMILES string of the molecule is Cc1cnc(C2CCCN2C(=O)C=Cc2ccccc2)[nH]1. The first-order valence-corrected chi connectivity index (χ1v) is 7.29. The van der Waals surface area contributed by atoms with Crippen LogP contribution in [0.25, 0.3) is 6.08 Å². The van der Waals surface area contributed by atoms with E-state index in [9.17, 15) is 4.79 Å². The average Bonchev–Trinajstić information content (AvgIpc) is 3.14. The number of nitrogens with one attached hydrogen (secondary N) is 1. The number of benzene rings is 1. The Kier molecular flexibility index (Phi) is 3.86. The molecule has 1 atom stereocenters. The molecule has 1 amide bonds. The van der Waals surface area contributed by atoms with Crippen LogP contribution >= 0.6 is 0 Å². The van der Waals surface area contributed by atoms with Gasteiger partial charge in [0, 0.05) is 24.5 Å². The normalized spacial score (nSPS) is 18.5. The van der Waals surface area contributed by atoms with Crippen LogP contribution in [0.2, 0.25) is 0 Å².